The number of halogens is 2. The summed E-state index contributed by atoms with van der Waals surface area (Å²) in [4.78, 5) is 5.50. The number of hydrogen-bond acceptors (Lipinski definition) is 2. The Hall–Kier alpha value is -0.440. The zero-order valence-electron chi connectivity index (χ0n) is 13.7. The molecule has 0 spiro atoms. The van der Waals surface area contributed by atoms with Gasteiger partial charge in [0, 0.05) is 44.3 Å². The summed E-state index contributed by atoms with van der Waals surface area (Å²) in [5, 5.41) is 0. The van der Waals surface area contributed by atoms with Crippen molar-refractivity contribution in [3.8, 4) is 0 Å². The summed E-state index contributed by atoms with van der Waals surface area (Å²) in [6.07, 6.45) is 7.09. The van der Waals surface area contributed by atoms with Gasteiger partial charge in [-0.3, -0.25) is 0 Å². The number of anilines is 1. The molecule has 5 rings (SSSR count). The van der Waals surface area contributed by atoms with E-state index in [1.807, 2.05) is 0 Å². The molecule has 0 aromatic heterocycles. The predicted molar refractivity (Wildman–Crippen MR) is 101 cm³/mol. The van der Waals surface area contributed by atoms with Crippen LogP contribution in [0.4, 0.5) is 5.69 Å². The lowest BCUT2D eigenvalue weighted by molar-refractivity contribution is 0.200. The fraction of sp³-hybridized carbons (Fsp3) is 0.684. The minimum Gasteiger partial charge on any atom is -0.371 e. The highest BCUT2D eigenvalue weighted by atomic mass is 35.5. The van der Waals surface area contributed by atoms with E-state index >= 15 is 0 Å². The molecule has 1 saturated heterocycles. The van der Waals surface area contributed by atoms with E-state index in [2.05, 4.69) is 28.0 Å². The quantitative estimate of drug-likeness (QED) is 0.788. The summed E-state index contributed by atoms with van der Waals surface area (Å²) in [5.74, 6) is 2.71. The average Bonchev–Trinajstić information content (AvgIpc) is 2.86. The van der Waals surface area contributed by atoms with E-state index < -0.39 is 0 Å². The number of likely N-dealkylation sites (tertiary alicyclic amines) is 1. The van der Waals surface area contributed by atoms with Crippen LogP contribution in [0.25, 0.3) is 0 Å². The third-order valence-electron chi connectivity index (χ3n) is 6.45. The molecule has 1 saturated carbocycles. The minimum absolute atomic E-state index is 0. The molecule has 0 bridgehead atoms. The van der Waals surface area contributed by atoms with Crippen molar-refractivity contribution in [3.05, 3.63) is 29.3 Å². The Kier molecular flexibility index (Phi) is 5.15. The molecule has 0 unspecified atom stereocenters. The van der Waals surface area contributed by atoms with E-state index in [0.717, 1.165) is 17.8 Å². The van der Waals surface area contributed by atoms with Gasteiger partial charge in [-0.1, -0.05) is 24.6 Å². The van der Waals surface area contributed by atoms with Gasteiger partial charge in [0.1, 0.15) is 0 Å². The van der Waals surface area contributed by atoms with Crippen LogP contribution in [0.2, 0.25) is 0 Å². The van der Waals surface area contributed by atoms with E-state index in [0.29, 0.717) is 0 Å². The SMILES string of the molecule is Cl.Cl.c1cc2c3c(c1)[C@H]1CN(CC4CCC4)C[C@H]1CN3CCC2. The molecule has 1 aliphatic carbocycles. The highest BCUT2D eigenvalue weighted by Gasteiger charge is 2.41. The lowest BCUT2D eigenvalue weighted by atomic mass is 9.80. The number of fused-ring (bicyclic) bond motifs is 2. The molecule has 4 heteroatoms. The van der Waals surface area contributed by atoms with Crippen molar-refractivity contribution in [2.75, 3.05) is 37.6 Å². The monoisotopic (exact) mass is 354 g/mol. The standard InChI is InChI=1S/C19H26N2.2ClH/c1-4-14(5-1)10-20-11-16-12-21-9-3-7-15-6-2-8-17(19(15)21)18(16)13-20;;/h2,6,8,14,16,18H,1,3-5,7,9-13H2;2*1H/t16-,18-;;/m0../s1. The number of aryl methyl sites for hydroxylation is 1. The molecular formula is C19H28Cl2N2. The van der Waals surface area contributed by atoms with Crippen LogP contribution in [0.5, 0.6) is 0 Å². The Morgan fingerprint density at radius 1 is 1.00 bits per heavy atom. The second kappa shape index (κ2) is 6.82. The Balaban J connectivity index is 0.000000781. The van der Waals surface area contributed by atoms with Crippen molar-refractivity contribution in [1.29, 1.82) is 0 Å². The summed E-state index contributed by atoms with van der Waals surface area (Å²) in [6, 6.07) is 7.11. The third kappa shape index (κ3) is 2.88. The number of rotatable bonds is 2. The number of nitrogens with zero attached hydrogens (tertiary/aromatic N) is 2. The second-order valence-electron chi connectivity index (χ2n) is 7.79. The van der Waals surface area contributed by atoms with E-state index in [-0.39, 0.29) is 24.8 Å². The molecule has 3 heterocycles. The van der Waals surface area contributed by atoms with Gasteiger partial charge < -0.3 is 9.80 Å². The molecule has 0 amide bonds. The topological polar surface area (TPSA) is 6.48 Å². The van der Waals surface area contributed by atoms with E-state index in [1.54, 1.807) is 16.8 Å². The molecule has 1 aromatic carbocycles. The maximum absolute atomic E-state index is 2.79. The van der Waals surface area contributed by atoms with Crippen LogP contribution in [0.15, 0.2) is 18.2 Å². The van der Waals surface area contributed by atoms with Crippen LogP contribution in [0.3, 0.4) is 0 Å². The molecular weight excluding hydrogens is 327 g/mol. The fourth-order valence-corrected chi connectivity index (χ4v) is 5.22. The van der Waals surface area contributed by atoms with Gasteiger partial charge in [-0.05, 0) is 48.6 Å². The summed E-state index contributed by atoms with van der Waals surface area (Å²) < 4.78 is 0. The normalized spacial score (nSPS) is 29.0. The smallest absolute Gasteiger partial charge is 0.0434 e. The zero-order chi connectivity index (χ0) is 13.8. The van der Waals surface area contributed by atoms with Gasteiger partial charge in [0.2, 0.25) is 0 Å². The first-order valence-electron chi connectivity index (χ1n) is 8.97. The molecule has 2 fully saturated rings. The molecule has 0 N–H and O–H groups in total. The largest absolute Gasteiger partial charge is 0.371 e. The van der Waals surface area contributed by atoms with Crippen molar-refractivity contribution >= 4 is 30.5 Å². The molecule has 23 heavy (non-hydrogen) atoms. The van der Waals surface area contributed by atoms with Gasteiger partial charge in [-0.2, -0.15) is 0 Å². The molecule has 2 atom stereocenters. The maximum Gasteiger partial charge on any atom is 0.0434 e. The Labute approximate surface area is 152 Å². The van der Waals surface area contributed by atoms with Crippen LogP contribution in [-0.4, -0.2) is 37.6 Å². The van der Waals surface area contributed by atoms with Crippen LogP contribution < -0.4 is 4.90 Å². The first kappa shape index (κ1) is 17.4. The number of hydrogen-bond donors (Lipinski definition) is 0. The van der Waals surface area contributed by atoms with Gasteiger partial charge in [-0.15, -0.1) is 24.8 Å². The van der Waals surface area contributed by atoms with Gasteiger partial charge in [0.05, 0.1) is 0 Å². The Morgan fingerprint density at radius 2 is 1.87 bits per heavy atom. The van der Waals surface area contributed by atoms with Crippen molar-refractivity contribution in [3.63, 3.8) is 0 Å². The highest BCUT2D eigenvalue weighted by Crippen LogP contribution is 2.46. The average molecular weight is 355 g/mol. The maximum atomic E-state index is 2.79. The lowest BCUT2D eigenvalue weighted by Gasteiger charge is -2.41. The van der Waals surface area contributed by atoms with Crippen LogP contribution >= 0.6 is 24.8 Å². The molecule has 128 valence electrons. The second-order valence-corrected chi connectivity index (χ2v) is 7.79. The number of para-hydroxylation sites is 1. The Morgan fingerprint density at radius 3 is 2.65 bits per heavy atom. The zero-order valence-corrected chi connectivity index (χ0v) is 15.4. The first-order valence-corrected chi connectivity index (χ1v) is 8.97. The van der Waals surface area contributed by atoms with E-state index in [1.165, 1.54) is 64.8 Å². The molecule has 1 aromatic rings. The molecule has 3 aliphatic heterocycles. The summed E-state index contributed by atoms with van der Waals surface area (Å²) >= 11 is 0. The van der Waals surface area contributed by atoms with Crippen molar-refractivity contribution in [1.82, 2.24) is 4.90 Å². The first-order chi connectivity index (χ1) is 10.4. The van der Waals surface area contributed by atoms with Crippen molar-refractivity contribution in [2.24, 2.45) is 11.8 Å². The number of benzene rings is 1. The van der Waals surface area contributed by atoms with Crippen LogP contribution in [0, 0.1) is 11.8 Å². The third-order valence-corrected chi connectivity index (χ3v) is 6.45. The van der Waals surface area contributed by atoms with E-state index in [9.17, 15) is 0 Å². The summed E-state index contributed by atoms with van der Waals surface area (Å²) in [6.45, 7) is 6.65. The van der Waals surface area contributed by atoms with Crippen LogP contribution in [-0.2, 0) is 6.42 Å². The predicted octanol–water partition coefficient (Wildman–Crippen LogP) is 4.11. The lowest BCUT2D eigenvalue weighted by Crippen LogP contribution is -2.41. The highest BCUT2D eigenvalue weighted by molar-refractivity contribution is 5.85. The fourth-order valence-electron chi connectivity index (χ4n) is 5.22. The van der Waals surface area contributed by atoms with E-state index in [4.69, 9.17) is 0 Å². The van der Waals surface area contributed by atoms with Crippen LogP contribution in [0.1, 0.15) is 42.7 Å². The van der Waals surface area contributed by atoms with Gasteiger partial charge in [-0.25, -0.2) is 0 Å². The van der Waals surface area contributed by atoms with Crippen molar-refractivity contribution in [2.45, 2.75) is 38.0 Å². The summed E-state index contributed by atoms with van der Waals surface area (Å²) in [7, 11) is 0. The Bertz CT molecular complexity index is 558. The van der Waals surface area contributed by atoms with Gasteiger partial charge in [0.25, 0.3) is 0 Å². The molecule has 4 aliphatic rings. The minimum atomic E-state index is 0. The van der Waals surface area contributed by atoms with Gasteiger partial charge >= 0.3 is 0 Å². The molecule has 0 radical (unpaired) electrons. The molecule has 2 nitrogen and oxygen atoms in total. The van der Waals surface area contributed by atoms with Crippen molar-refractivity contribution < 1.29 is 0 Å². The van der Waals surface area contributed by atoms with Gasteiger partial charge in [0.15, 0.2) is 0 Å². The summed E-state index contributed by atoms with van der Waals surface area (Å²) in [5.41, 5.74) is 4.93.